The summed E-state index contributed by atoms with van der Waals surface area (Å²) in [7, 11) is 9.78. The molecule has 0 aliphatic heterocycles. The van der Waals surface area contributed by atoms with Crippen LogP contribution in [0, 0.1) is 0 Å². The third-order valence-corrected chi connectivity index (χ3v) is 0.882. The van der Waals surface area contributed by atoms with Crippen LogP contribution in [0.25, 0.3) is 0 Å². The first-order valence-corrected chi connectivity index (χ1v) is 6.95. The van der Waals surface area contributed by atoms with Gasteiger partial charge in [-0.2, -0.15) is 0 Å². The molecular weight excluding hydrogens is 223 g/mol. The van der Waals surface area contributed by atoms with Crippen LogP contribution in [0.4, 0.5) is 0 Å². The van der Waals surface area contributed by atoms with Crippen LogP contribution in [0.3, 0.4) is 0 Å². The Balaban J connectivity index is 0.000000292. The maximum atomic E-state index is 8.67. The number of hydrogen-bond acceptors (Lipinski definition) is 2. The Bertz CT molecular complexity index is 187. The van der Waals surface area contributed by atoms with E-state index in [1.165, 1.54) is 12.1 Å². The summed E-state index contributed by atoms with van der Waals surface area (Å²) in [6.07, 6.45) is 0. The van der Waals surface area contributed by atoms with Crippen molar-refractivity contribution in [3.63, 3.8) is 0 Å². The standard InChI is InChI=1S/C6H6O2.2ClH.Ti/c7-5-3-1-2-4-6(5)8;;;/h1-4,7-8H;2*1H;/q;;;+2/p-2. The minimum atomic E-state index is -0.556. The number of phenolic OH excluding ortho intramolecular Hbond substituents is 2. The Hall–Kier alpha value is 0.114. The normalized spacial score (nSPS) is 7.82. The fourth-order valence-corrected chi connectivity index (χ4v) is 0.464. The molecule has 1 aromatic rings. The third kappa shape index (κ3) is 5.39. The van der Waals surface area contributed by atoms with E-state index in [4.69, 9.17) is 28.8 Å². The van der Waals surface area contributed by atoms with E-state index >= 15 is 0 Å². The maximum absolute atomic E-state index is 8.67. The van der Waals surface area contributed by atoms with E-state index in [0.717, 1.165) is 0 Å². The summed E-state index contributed by atoms with van der Waals surface area (Å²) in [6, 6.07) is 6.15. The molecule has 0 aromatic heterocycles. The second-order valence-corrected chi connectivity index (χ2v) is 4.14. The van der Waals surface area contributed by atoms with E-state index < -0.39 is 17.0 Å². The zero-order valence-corrected chi connectivity index (χ0v) is 8.53. The van der Waals surface area contributed by atoms with Gasteiger partial charge in [0.1, 0.15) is 0 Å². The Labute approximate surface area is 81.4 Å². The summed E-state index contributed by atoms with van der Waals surface area (Å²) in [5.41, 5.74) is 0. The molecule has 1 rings (SSSR count). The van der Waals surface area contributed by atoms with E-state index in [2.05, 4.69) is 0 Å². The van der Waals surface area contributed by atoms with Crippen LogP contribution in [-0.4, -0.2) is 10.2 Å². The Morgan fingerprint density at radius 1 is 1.00 bits per heavy atom. The van der Waals surface area contributed by atoms with Gasteiger partial charge in [0.2, 0.25) is 0 Å². The van der Waals surface area contributed by atoms with Gasteiger partial charge in [-0.25, -0.2) is 0 Å². The van der Waals surface area contributed by atoms with Crippen molar-refractivity contribution in [2.75, 3.05) is 0 Å². The fraction of sp³-hybridized carbons (Fsp3) is 0. The van der Waals surface area contributed by atoms with Gasteiger partial charge in [-0.1, -0.05) is 12.1 Å². The molecule has 0 bridgehead atoms. The van der Waals surface area contributed by atoms with Crippen LogP contribution in [0.2, 0.25) is 0 Å². The molecule has 1 aromatic carbocycles. The first kappa shape index (κ1) is 11.1. The number of rotatable bonds is 0. The van der Waals surface area contributed by atoms with Crippen molar-refractivity contribution in [3.05, 3.63) is 24.3 Å². The zero-order valence-electron chi connectivity index (χ0n) is 5.46. The van der Waals surface area contributed by atoms with Gasteiger partial charge in [-0.05, 0) is 12.1 Å². The van der Waals surface area contributed by atoms with Crippen molar-refractivity contribution in [1.82, 2.24) is 0 Å². The summed E-state index contributed by atoms with van der Waals surface area (Å²) >= 11 is -0.556. The molecule has 11 heavy (non-hydrogen) atoms. The molecular formula is C6H6Cl2O2Ti. The molecule has 0 radical (unpaired) electrons. The molecule has 0 saturated heterocycles. The predicted octanol–water partition coefficient (Wildman–Crippen LogP) is 2.47. The second-order valence-electron chi connectivity index (χ2n) is 1.56. The minimum absolute atomic E-state index is 0.0764. The summed E-state index contributed by atoms with van der Waals surface area (Å²) in [5, 5.41) is 17.3. The van der Waals surface area contributed by atoms with Gasteiger partial charge in [-0.3, -0.25) is 0 Å². The monoisotopic (exact) mass is 228 g/mol. The quantitative estimate of drug-likeness (QED) is 0.529. The van der Waals surface area contributed by atoms with Gasteiger partial charge in [0, 0.05) is 0 Å². The van der Waals surface area contributed by atoms with Gasteiger partial charge in [0.05, 0.1) is 0 Å². The molecule has 60 valence electrons. The van der Waals surface area contributed by atoms with Crippen molar-refractivity contribution in [1.29, 1.82) is 0 Å². The molecule has 0 atom stereocenters. The van der Waals surface area contributed by atoms with Crippen LogP contribution < -0.4 is 0 Å². The third-order valence-electron chi connectivity index (χ3n) is 0.882. The molecule has 0 aliphatic carbocycles. The van der Waals surface area contributed by atoms with E-state index in [0.29, 0.717) is 0 Å². The number of halogens is 2. The second kappa shape index (κ2) is 6.80. The molecule has 0 spiro atoms. The number of para-hydroxylation sites is 2. The molecule has 0 fully saturated rings. The summed E-state index contributed by atoms with van der Waals surface area (Å²) in [5.74, 6) is -0.153. The molecule has 2 nitrogen and oxygen atoms in total. The number of benzene rings is 1. The van der Waals surface area contributed by atoms with Gasteiger partial charge >= 0.3 is 35.6 Å². The van der Waals surface area contributed by atoms with Crippen LogP contribution in [0.5, 0.6) is 11.5 Å². The SMILES string of the molecule is Oc1ccccc1O.[Cl][Ti][Cl]. The van der Waals surface area contributed by atoms with Crippen LogP contribution >= 0.6 is 18.6 Å². The van der Waals surface area contributed by atoms with Crippen LogP contribution in [0.15, 0.2) is 24.3 Å². The average Bonchev–Trinajstić information content (AvgIpc) is 1.97. The Morgan fingerprint density at radius 3 is 1.45 bits per heavy atom. The van der Waals surface area contributed by atoms with Crippen molar-refractivity contribution in [2.45, 2.75) is 0 Å². The number of aromatic hydroxyl groups is 2. The average molecular weight is 229 g/mol. The fourth-order valence-electron chi connectivity index (χ4n) is 0.464. The molecule has 2 N–H and O–H groups in total. The first-order chi connectivity index (χ1) is 5.22. The Morgan fingerprint density at radius 2 is 1.27 bits per heavy atom. The molecule has 0 unspecified atom stereocenters. The topological polar surface area (TPSA) is 40.5 Å². The van der Waals surface area contributed by atoms with Crippen LogP contribution in [-0.2, 0) is 17.0 Å². The predicted molar refractivity (Wildman–Crippen MR) is 41.5 cm³/mol. The number of hydrogen-bond donors (Lipinski definition) is 2. The van der Waals surface area contributed by atoms with E-state index in [1.807, 2.05) is 0 Å². The van der Waals surface area contributed by atoms with Crippen LogP contribution in [0.1, 0.15) is 0 Å². The van der Waals surface area contributed by atoms with Gasteiger partial charge in [0.25, 0.3) is 0 Å². The van der Waals surface area contributed by atoms with Crippen molar-refractivity contribution in [2.24, 2.45) is 0 Å². The molecule has 0 saturated carbocycles. The van der Waals surface area contributed by atoms with Gasteiger partial charge < -0.3 is 10.2 Å². The number of phenols is 2. The van der Waals surface area contributed by atoms with Gasteiger partial charge in [-0.15, -0.1) is 0 Å². The zero-order chi connectivity index (χ0) is 8.69. The first-order valence-electron chi connectivity index (χ1n) is 2.65. The van der Waals surface area contributed by atoms with Crippen molar-refractivity contribution >= 4 is 18.6 Å². The Kier molecular flexibility index (Phi) is 6.87. The molecule has 0 amide bonds. The summed E-state index contributed by atoms with van der Waals surface area (Å²) in [4.78, 5) is 0. The molecule has 0 aliphatic rings. The van der Waals surface area contributed by atoms with E-state index in [1.54, 1.807) is 12.1 Å². The van der Waals surface area contributed by atoms with Crippen molar-refractivity contribution < 1.29 is 27.2 Å². The summed E-state index contributed by atoms with van der Waals surface area (Å²) < 4.78 is 0. The van der Waals surface area contributed by atoms with E-state index in [-0.39, 0.29) is 11.5 Å². The van der Waals surface area contributed by atoms with Crippen molar-refractivity contribution in [3.8, 4) is 11.5 Å². The van der Waals surface area contributed by atoms with Gasteiger partial charge in [0.15, 0.2) is 11.5 Å². The molecule has 0 heterocycles. The molecule has 5 heteroatoms. The van der Waals surface area contributed by atoms with E-state index in [9.17, 15) is 0 Å². The summed E-state index contributed by atoms with van der Waals surface area (Å²) in [6.45, 7) is 0.